The summed E-state index contributed by atoms with van der Waals surface area (Å²) in [6.07, 6.45) is 4.21. The van der Waals surface area contributed by atoms with Crippen LogP contribution in [0.4, 0.5) is 5.69 Å². The predicted molar refractivity (Wildman–Crippen MR) is 82.6 cm³/mol. The first-order chi connectivity index (χ1) is 9.95. The van der Waals surface area contributed by atoms with Gasteiger partial charge in [0.05, 0.1) is 18.3 Å². The Morgan fingerprint density at radius 3 is 2.43 bits per heavy atom. The van der Waals surface area contributed by atoms with Gasteiger partial charge in [0.2, 0.25) is 0 Å². The number of nitrogens with zero attached hydrogens (tertiary/aromatic N) is 1. The minimum absolute atomic E-state index is 0.106. The number of hydrogen-bond acceptors (Lipinski definition) is 3. The summed E-state index contributed by atoms with van der Waals surface area (Å²) < 4.78 is 34.3. The van der Waals surface area contributed by atoms with Gasteiger partial charge in [-0.05, 0) is 55.9 Å². The van der Waals surface area contributed by atoms with Gasteiger partial charge >= 0.3 is 10.2 Å². The number of rotatable bonds is 4. The molecule has 21 heavy (non-hydrogen) atoms. The quantitative estimate of drug-likeness (QED) is 0.870. The highest BCUT2D eigenvalue weighted by molar-refractivity contribution is 7.90. The van der Waals surface area contributed by atoms with E-state index in [1.54, 1.807) is 35.7 Å². The zero-order valence-corrected chi connectivity index (χ0v) is 13.3. The summed E-state index contributed by atoms with van der Waals surface area (Å²) in [5.74, 6) is 1.43. The second-order valence-electron chi connectivity index (χ2n) is 6.25. The summed E-state index contributed by atoms with van der Waals surface area (Å²) in [6, 6.07) is 6.93. The minimum Gasteiger partial charge on any atom is -0.497 e. The lowest BCUT2D eigenvalue weighted by Gasteiger charge is -2.26. The fourth-order valence-electron chi connectivity index (χ4n) is 3.14. The summed E-state index contributed by atoms with van der Waals surface area (Å²) >= 11 is 0. The Morgan fingerprint density at radius 1 is 1.24 bits per heavy atom. The van der Waals surface area contributed by atoms with Gasteiger partial charge in [-0.2, -0.15) is 12.7 Å². The molecule has 116 valence electrons. The van der Waals surface area contributed by atoms with Crippen LogP contribution in [-0.2, 0) is 10.2 Å². The molecule has 1 atom stereocenters. The zero-order chi connectivity index (χ0) is 15.1. The first-order valence-electron chi connectivity index (χ1n) is 7.40. The second-order valence-corrected chi connectivity index (χ2v) is 7.84. The molecule has 2 aliphatic rings. The van der Waals surface area contributed by atoms with Crippen molar-refractivity contribution in [3.63, 3.8) is 0 Å². The summed E-state index contributed by atoms with van der Waals surface area (Å²) in [4.78, 5) is 0. The van der Waals surface area contributed by atoms with Crippen LogP contribution < -0.4 is 9.46 Å². The van der Waals surface area contributed by atoms with E-state index >= 15 is 0 Å². The number of nitrogens with one attached hydrogen (secondary N) is 1. The molecule has 0 bridgehead atoms. The largest absolute Gasteiger partial charge is 0.497 e. The van der Waals surface area contributed by atoms with Crippen molar-refractivity contribution in [2.24, 2.45) is 5.92 Å². The Kier molecular flexibility index (Phi) is 3.61. The molecule has 1 saturated heterocycles. The normalized spacial score (nSPS) is 31.9. The molecule has 3 rings (SSSR count). The summed E-state index contributed by atoms with van der Waals surface area (Å²) in [7, 11) is -1.86. The van der Waals surface area contributed by atoms with Crippen molar-refractivity contribution in [2.45, 2.75) is 38.1 Å². The molecule has 0 amide bonds. The van der Waals surface area contributed by atoms with Crippen LogP contribution >= 0.6 is 0 Å². The first-order valence-corrected chi connectivity index (χ1v) is 8.84. The van der Waals surface area contributed by atoms with E-state index in [4.69, 9.17) is 4.74 Å². The Labute approximate surface area is 126 Å². The van der Waals surface area contributed by atoms with Gasteiger partial charge in [-0.15, -0.1) is 0 Å². The van der Waals surface area contributed by atoms with Crippen LogP contribution in [0.2, 0.25) is 0 Å². The third kappa shape index (κ3) is 2.87. The van der Waals surface area contributed by atoms with E-state index in [0.29, 0.717) is 18.0 Å². The first kappa shape index (κ1) is 14.7. The lowest BCUT2D eigenvalue weighted by Crippen LogP contribution is -2.31. The molecule has 0 radical (unpaired) electrons. The van der Waals surface area contributed by atoms with Crippen molar-refractivity contribution in [3.8, 4) is 5.75 Å². The van der Waals surface area contributed by atoms with E-state index in [2.05, 4.69) is 11.6 Å². The average Bonchev–Trinajstić information content (AvgIpc) is 3.18. The molecule has 1 saturated carbocycles. The molecule has 1 heterocycles. The Balaban J connectivity index is 1.68. The van der Waals surface area contributed by atoms with Gasteiger partial charge in [0.15, 0.2) is 0 Å². The highest BCUT2D eigenvalue weighted by atomic mass is 32.2. The topological polar surface area (TPSA) is 58.4 Å². The van der Waals surface area contributed by atoms with Crippen molar-refractivity contribution in [3.05, 3.63) is 24.3 Å². The third-order valence-electron chi connectivity index (χ3n) is 4.70. The number of hydrogen-bond donors (Lipinski definition) is 1. The van der Waals surface area contributed by atoms with Crippen molar-refractivity contribution >= 4 is 15.9 Å². The van der Waals surface area contributed by atoms with Crippen molar-refractivity contribution in [1.82, 2.24) is 4.31 Å². The van der Waals surface area contributed by atoms with Crippen LogP contribution in [0.5, 0.6) is 5.75 Å². The standard InChI is InChI=1S/C15H22N2O3S/c1-12-7-9-15(10-8-12)11-17(15)21(18,19)16-13-3-5-14(20-2)6-4-13/h3-6,12,16H,7-11H2,1-2H3. The number of ether oxygens (including phenoxy) is 1. The number of benzene rings is 1. The highest BCUT2D eigenvalue weighted by Gasteiger charge is 2.58. The molecule has 1 aliphatic carbocycles. The van der Waals surface area contributed by atoms with E-state index < -0.39 is 10.2 Å². The summed E-state index contributed by atoms with van der Waals surface area (Å²) in [5.41, 5.74) is 0.465. The monoisotopic (exact) mass is 310 g/mol. The van der Waals surface area contributed by atoms with Gasteiger partial charge < -0.3 is 4.74 Å². The van der Waals surface area contributed by atoms with Crippen LogP contribution in [0.3, 0.4) is 0 Å². The van der Waals surface area contributed by atoms with Gasteiger partial charge in [-0.25, -0.2) is 0 Å². The van der Waals surface area contributed by atoms with Crippen LogP contribution in [0.25, 0.3) is 0 Å². The summed E-state index contributed by atoms with van der Waals surface area (Å²) in [6.45, 7) is 2.90. The van der Waals surface area contributed by atoms with Crippen LogP contribution in [-0.4, -0.2) is 31.9 Å². The van der Waals surface area contributed by atoms with E-state index in [0.717, 1.165) is 31.6 Å². The van der Waals surface area contributed by atoms with Crippen molar-refractivity contribution in [1.29, 1.82) is 0 Å². The lowest BCUT2D eigenvalue weighted by molar-refractivity contribution is 0.300. The highest BCUT2D eigenvalue weighted by Crippen LogP contribution is 2.48. The molecule has 1 aromatic carbocycles. The molecular weight excluding hydrogens is 288 g/mol. The van der Waals surface area contributed by atoms with E-state index in [1.165, 1.54) is 0 Å². The van der Waals surface area contributed by atoms with Gasteiger partial charge in [0.25, 0.3) is 0 Å². The maximum absolute atomic E-state index is 12.5. The molecule has 0 aromatic heterocycles. The second kappa shape index (κ2) is 5.18. The van der Waals surface area contributed by atoms with Crippen molar-refractivity contribution < 1.29 is 13.2 Å². The smallest absolute Gasteiger partial charge is 0.302 e. The maximum Gasteiger partial charge on any atom is 0.302 e. The lowest BCUT2D eigenvalue weighted by atomic mass is 9.83. The van der Waals surface area contributed by atoms with Crippen molar-refractivity contribution in [2.75, 3.05) is 18.4 Å². The predicted octanol–water partition coefficient (Wildman–Crippen LogP) is 2.62. The molecule has 6 heteroatoms. The zero-order valence-electron chi connectivity index (χ0n) is 12.5. The minimum atomic E-state index is -3.44. The Hall–Kier alpha value is -1.27. The number of anilines is 1. The molecule has 1 spiro atoms. The number of methoxy groups -OCH3 is 1. The Morgan fingerprint density at radius 2 is 1.86 bits per heavy atom. The van der Waals surface area contributed by atoms with E-state index in [-0.39, 0.29) is 5.54 Å². The van der Waals surface area contributed by atoms with Crippen LogP contribution in [0.15, 0.2) is 24.3 Å². The third-order valence-corrected chi connectivity index (χ3v) is 6.29. The fourth-order valence-corrected chi connectivity index (χ4v) is 4.79. The fraction of sp³-hybridized carbons (Fsp3) is 0.600. The van der Waals surface area contributed by atoms with Gasteiger partial charge in [-0.1, -0.05) is 6.92 Å². The molecule has 1 N–H and O–H groups in total. The van der Waals surface area contributed by atoms with Crippen LogP contribution in [0, 0.1) is 5.92 Å². The van der Waals surface area contributed by atoms with Gasteiger partial charge in [0.1, 0.15) is 5.75 Å². The summed E-state index contributed by atoms with van der Waals surface area (Å²) in [5, 5.41) is 0. The molecule has 2 fully saturated rings. The molecule has 1 aromatic rings. The average molecular weight is 310 g/mol. The molecule has 1 unspecified atom stereocenters. The van der Waals surface area contributed by atoms with E-state index in [1.807, 2.05) is 0 Å². The Bertz CT molecular complexity index is 604. The van der Waals surface area contributed by atoms with E-state index in [9.17, 15) is 8.42 Å². The molecule has 5 nitrogen and oxygen atoms in total. The van der Waals surface area contributed by atoms with Gasteiger partial charge in [0, 0.05) is 6.54 Å². The maximum atomic E-state index is 12.5. The molecule has 1 aliphatic heterocycles. The van der Waals surface area contributed by atoms with Crippen LogP contribution in [0.1, 0.15) is 32.6 Å². The van der Waals surface area contributed by atoms with Gasteiger partial charge in [-0.3, -0.25) is 4.72 Å². The molecular formula is C15H22N2O3S. The SMILES string of the molecule is COc1ccc(NS(=O)(=O)N2CC23CCC(C)CC3)cc1.